The van der Waals surface area contributed by atoms with Gasteiger partial charge in [0.25, 0.3) is 0 Å². The van der Waals surface area contributed by atoms with Crippen LogP contribution in [0.3, 0.4) is 0 Å². The minimum atomic E-state index is 0.839. The van der Waals surface area contributed by atoms with Crippen molar-refractivity contribution >= 4 is 17.1 Å². The molecule has 0 radical (unpaired) electrons. The van der Waals surface area contributed by atoms with Gasteiger partial charge in [0.1, 0.15) is 0 Å². The zero-order chi connectivity index (χ0) is 28.8. The number of hydrogen-bond donors (Lipinski definition) is 0. The highest BCUT2D eigenvalue weighted by atomic mass is 16.5. The molecule has 0 atom stereocenters. The highest BCUT2D eigenvalue weighted by molar-refractivity contribution is 5.87. The summed E-state index contributed by atoms with van der Waals surface area (Å²) in [5, 5.41) is 0. The summed E-state index contributed by atoms with van der Waals surface area (Å²) in [4.78, 5) is 15.8. The summed E-state index contributed by atoms with van der Waals surface area (Å²) < 4.78 is 11.1. The van der Waals surface area contributed by atoms with Crippen molar-refractivity contribution in [1.29, 1.82) is 0 Å². The van der Waals surface area contributed by atoms with E-state index in [1.54, 1.807) is 12.4 Å². The molecular formula is C37H30N4O2. The fraction of sp³-hybridized carbons (Fsp3) is 0.108. The summed E-state index contributed by atoms with van der Waals surface area (Å²) in [5.74, 6) is 1.68. The number of hydrogen-bond acceptors (Lipinski definition) is 6. The van der Waals surface area contributed by atoms with Gasteiger partial charge in [-0.25, -0.2) is 4.98 Å². The first-order valence-electron chi connectivity index (χ1n) is 14.5. The number of benzene rings is 3. The largest absolute Gasteiger partial charge is 0.453 e. The third-order valence-electron chi connectivity index (χ3n) is 7.46. The second-order valence-corrected chi connectivity index (χ2v) is 10.3. The van der Waals surface area contributed by atoms with Gasteiger partial charge in [-0.1, -0.05) is 36.4 Å². The summed E-state index contributed by atoms with van der Waals surface area (Å²) in [6.07, 6.45) is 9.79. The van der Waals surface area contributed by atoms with Crippen LogP contribution in [-0.4, -0.2) is 28.2 Å². The Labute approximate surface area is 251 Å². The van der Waals surface area contributed by atoms with Crippen molar-refractivity contribution in [2.75, 3.05) is 18.1 Å². The van der Waals surface area contributed by atoms with Gasteiger partial charge in [-0.15, -0.1) is 0 Å². The summed E-state index contributed by atoms with van der Waals surface area (Å²) in [6, 6.07) is 37.0. The second-order valence-electron chi connectivity index (χ2n) is 10.3. The molecule has 3 aromatic carbocycles. The van der Waals surface area contributed by atoms with Crippen LogP contribution in [0.4, 0.5) is 17.1 Å². The van der Waals surface area contributed by atoms with Crippen LogP contribution < -0.4 is 9.64 Å². The predicted octanol–water partition coefficient (Wildman–Crippen LogP) is 9.24. The lowest BCUT2D eigenvalue weighted by Gasteiger charge is -2.32. The van der Waals surface area contributed by atoms with E-state index in [1.807, 2.05) is 73.1 Å². The predicted molar refractivity (Wildman–Crippen MR) is 171 cm³/mol. The number of para-hydroxylation sites is 4. The second kappa shape index (κ2) is 12.3. The first-order valence-corrected chi connectivity index (χ1v) is 14.5. The molecule has 0 unspecified atom stereocenters. The van der Waals surface area contributed by atoms with Gasteiger partial charge in [-0.3, -0.25) is 9.97 Å². The van der Waals surface area contributed by atoms with Crippen molar-refractivity contribution in [3.63, 3.8) is 0 Å². The molecule has 8 rings (SSSR count). The summed E-state index contributed by atoms with van der Waals surface area (Å²) in [6.45, 7) is 2.00. The number of fused-ring (bicyclic) bond motifs is 2. The van der Waals surface area contributed by atoms with Gasteiger partial charge in [-0.2, -0.15) is 0 Å². The summed E-state index contributed by atoms with van der Waals surface area (Å²) in [5.41, 5.74) is 8.94. The molecule has 43 heavy (non-hydrogen) atoms. The lowest BCUT2D eigenvalue weighted by atomic mass is 10.0. The van der Waals surface area contributed by atoms with E-state index in [2.05, 4.69) is 63.4 Å². The molecule has 3 aromatic heterocycles. The smallest absolute Gasteiger partial charge is 0.151 e. The first kappa shape index (κ1) is 26.6. The number of ether oxygens (including phenoxy) is 2. The van der Waals surface area contributed by atoms with Crippen LogP contribution in [0.1, 0.15) is 12.8 Å². The van der Waals surface area contributed by atoms with E-state index in [4.69, 9.17) is 14.5 Å². The van der Waals surface area contributed by atoms with Gasteiger partial charge in [0.2, 0.25) is 0 Å². The maximum Gasteiger partial charge on any atom is 0.151 e. The number of aromatic nitrogens is 3. The topological polar surface area (TPSA) is 60.4 Å². The van der Waals surface area contributed by atoms with E-state index < -0.39 is 0 Å². The van der Waals surface area contributed by atoms with Crippen LogP contribution in [0.25, 0.3) is 33.6 Å². The normalized spacial score (nSPS) is 13.3. The molecule has 6 nitrogen and oxygen atoms in total. The molecule has 0 bridgehead atoms. The molecule has 0 spiro atoms. The number of rotatable bonds is 4. The third kappa shape index (κ3) is 5.73. The number of anilines is 3. The summed E-state index contributed by atoms with van der Waals surface area (Å²) in [7, 11) is 0. The lowest BCUT2D eigenvalue weighted by Crippen LogP contribution is -2.15. The first-order chi connectivity index (χ1) is 21.3. The molecule has 5 heterocycles. The van der Waals surface area contributed by atoms with E-state index >= 15 is 0 Å². The third-order valence-corrected chi connectivity index (χ3v) is 7.46. The highest BCUT2D eigenvalue weighted by Gasteiger charge is 2.25. The van der Waals surface area contributed by atoms with Crippen LogP contribution in [0.2, 0.25) is 0 Å². The zero-order valence-corrected chi connectivity index (χ0v) is 23.6. The molecule has 0 saturated carbocycles. The Morgan fingerprint density at radius 3 is 1.58 bits per heavy atom. The van der Waals surface area contributed by atoms with Crippen molar-refractivity contribution in [1.82, 2.24) is 15.0 Å². The van der Waals surface area contributed by atoms with Gasteiger partial charge in [-0.05, 0) is 96.8 Å². The molecule has 2 aliphatic rings. The molecule has 2 aliphatic heterocycles. The standard InChI is InChI=1S/C33H22N4O.C4H8O/c1-3-11-32-30(9-1)37(31-10-2-4-12-33(31)38-32)27-15-13-23(14-16-27)26-19-28(24-7-5-17-34-21-24)36-29(20-26)25-8-6-18-35-22-25;1-2-4-5-3-1/h1-22H;1-4H2. The van der Waals surface area contributed by atoms with Crippen molar-refractivity contribution in [3.05, 3.63) is 134 Å². The summed E-state index contributed by atoms with van der Waals surface area (Å²) >= 11 is 0. The number of pyridine rings is 3. The van der Waals surface area contributed by atoms with Crippen molar-refractivity contribution < 1.29 is 9.47 Å². The number of nitrogens with zero attached hydrogens (tertiary/aromatic N) is 4. The molecule has 1 fully saturated rings. The van der Waals surface area contributed by atoms with Crippen molar-refractivity contribution in [3.8, 4) is 45.1 Å². The Hall–Kier alpha value is -5.33. The zero-order valence-electron chi connectivity index (χ0n) is 23.6. The van der Waals surface area contributed by atoms with E-state index in [1.165, 1.54) is 12.8 Å². The Morgan fingerprint density at radius 1 is 0.535 bits per heavy atom. The van der Waals surface area contributed by atoms with E-state index in [9.17, 15) is 0 Å². The Bertz CT molecular complexity index is 1710. The van der Waals surface area contributed by atoms with Crippen LogP contribution in [0.15, 0.2) is 134 Å². The maximum atomic E-state index is 6.17. The molecule has 0 N–H and O–H groups in total. The average molecular weight is 563 g/mol. The lowest BCUT2D eigenvalue weighted by molar-refractivity contribution is 0.198. The van der Waals surface area contributed by atoms with Crippen molar-refractivity contribution in [2.24, 2.45) is 0 Å². The molecule has 6 aromatic rings. The fourth-order valence-corrected chi connectivity index (χ4v) is 5.32. The monoisotopic (exact) mass is 562 g/mol. The highest BCUT2D eigenvalue weighted by Crippen LogP contribution is 2.50. The minimum Gasteiger partial charge on any atom is -0.453 e. The van der Waals surface area contributed by atoms with Gasteiger partial charge >= 0.3 is 0 Å². The molecule has 0 amide bonds. The quantitative estimate of drug-likeness (QED) is 0.213. The van der Waals surface area contributed by atoms with Gasteiger partial charge < -0.3 is 14.4 Å². The molecule has 210 valence electrons. The SMILES string of the molecule is C1CCOC1.c1cncc(-c2cc(-c3ccc(N4c5ccccc5Oc5ccccc54)cc3)cc(-c3cccnc3)n2)c1. The average Bonchev–Trinajstić information content (AvgIpc) is 3.69. The van der Waals surface area contributed by atoms with Gasteiger partial charge in [0, 0.05) is 54.8 Å². The van der Waals surface area contributed by atoms with Gasteiger partial charge in [0.15, 0.2) is 11.5 Å². The fourth-order valence-electron chi connectivity index (χ4n) is 5.32. The molecular weight excluding hydrogens is 532 g/mol. The molecule has 1 saturated heterocycles. The van der Waals surface area contributed by atoms with Crippen LogP contribution in [0.5, 0.6) is 11.5 Å². The Morgan fingerprint density at radius 2 is 1.09 bits per heavy atom. The molecule has 6 heteroatoms. The van der Waals surface area contributed by atoms with Crippen LogP contribution >= 0.6 is 0 Å². The molecule has 0 aliphatic carbocycles. The maximum absolute atomic E-state index is 6.17. The van der Waals surface area contributed by atoms with E-state index in [-0.39, 0.29) is 0 Å². The van der Waals surface area contributed by atoms with Crippen LogP contribution in [-0.2, 0) is 4.74 Å². The Balaban J connectivity index is 0.000000547. The van der Waals surface area contributed by atoms with Gasteiger partial charge in [0.05, 0.1) is 22.8 Å². The minimum absolute atomic E-state index is 0.839. The van der Waals surface area contributed by atoms with E-state index in [0.29, 0.717) is 0 Å². The van der Waals surface area contributed by atoms with E-state index in [0.717, 1.165) is 75.4 Å². The Kier molecular flexibility index (Phi) is 7.58. The van der Waals surface area contributed by atoms with Crippen molar-refractivity contribution in [2.45, 2.75) is 12.8 Å². The van der Waals surface area contributed by atoms with Crippen LogP contribution in [0, 0.1) is 0 Å².